The molecule has 0 saturated carbocycles. The van der Waals surface area contributed by atoms with Crippen LogP contribution in [0.3, 0.4) is 0 Å². The number of hydrogen-bond donors (Lipinski definition) is 0. The zero-order valence-electron chi connectivity index (χ0n) is 16.8. The monoisotopic (exact) mass is 411 g/mol. The first kappa shape index (κ1) is 19.9. The maximum atomic E-state index is 13.2. The Hall–Kier alpha value is -3.42. The van der Waals surface area contributed by atoms with Crippen molar-refractivity contribution >= 4 is 11.6 Å². The number of carbonyl (C=O) groups is 1. The molecule has 0 radical (unpaired) electrons. The maximum absolute atomic E-state index is 13.2. The van der Waals surface area contributed by atoms with Crippen LogP contribution in [-0.2, 0) is 4.79 Å². The van der Waals surface area contributed by atoms with Crippen LogP contribution >= 0.6 is 0 Å². The maximum Gasteiger partial charge on any atom is 0.232 e. The lowest BCUT2D eigenvalue weighted by Gasteiger charge is -2.15. The van der Waals surface area contributed by atoms with Crippen LogP contribution in [0.2, 0.25) is 0 Å². The van der Waals surface area contributed by atoms with Crippen molar-refractivity contribution in [3.05, 3.63) is 54.2 Å². The number of rotatable bonds is 7. The van der Waals surface area contributed by atoms with Crippen LogP contribution in [0.15, 0.2) is 47.0 Å². The number of hydrogen-bond acceptors (Lipinski definition) is 6. The average molecular weight is 411 g/mol. The highest BCUT2D eigenvalue weighted by Gasteiger charge is 2.35. The van der Waals surface area contributed by atoms with Gasteiger partial charge in [-0.25, -0.2) is 4.39 Å². The lowest BCUT2D eigenvalue weighted by Crippen LogP contribution is -2.24. The fourth-order valence-corrected chi connectivity index (χ4v) is 3.40. The Bertz CT molecular complexity index is 1040. The van der Waals surface area contributed by atoms with E-state index in [1.165, 1.54) is 12.1 Å². The molecule has 2 heterocycles. The van der Waals surface area contributed by atoms with Crippen LogP contribution in [0.1, 0.15) is 31.6 Å². The van der Waals surface area contributed by atoms with Crippen LogP contribution in [0.5, 0.6) is 11.5 Å². The van der Waals surface area contributed by atoms with Crippen LogP contribution in [-0.4, -0.2) is 36.3 Å². The van der Waals surface area contributed by atoms with Gasteiger partial charge >= 0.3 is 0 Å². The summed E-state index contributed by atoms with van der Waals surface area (Å²) in [7, 11) is 1.58. The highest BCUT2D eigenvalue weighted by Crippen LogP contribution is 2.34. The van der Waals surface area contributed by atoms with E-state index < -0.39 is 0 Å². The van der Waals surface area contributed by atoms with Crippen molar-refractivity contribution in [2.45, 2.75) is 25.7 Å². The summed E-state index contributed by atoms with van der Waals surface area (Å²) >= 11 is 0. The van der Waals surface area contributed by atoms with Crippen molar-refractivity contribution in [3.8, 4) is 22.9 Å². The van der Waals surface area contributed by atoms with Gasteiger partial charge in [0.25, 0.3) is 0 Å². The molecule has 2 aromatic carbocycles. The molecule has 30 heavy (non-hydrogen) atoms. The number of halogens is 1. The third-order valence-corrected chi connectivity index (χ3v) is 4.94. The van der Waals surface area contributed by atoms with Gasteiger partial charge < -0.3 is 18.9 Å². The van der Waals surface area contributed by atoms with E-state index in [0.29, 0.717) is 42.1 Å². The smallest absolute Gasteiger partial charge is 0.232 e. The largest absolute Gasteiger partial charge is 0.493 e. The van der Waals surface area contributed by atoms with Gasteiger partial charge in [-0.3, -0.25) is 4.79 Å². The first-order valence-electron chi connectivity index (χ1n) is 9.79. The van der Waals surface area contributed by atoms with Gasteiger partial charge in [0.2, 0.25) is 17.6 Å². The Balaban J connectivity index is 1.52. The van der Waals surface area contributed by atoms with Crippen LogP contribution in [0.4, 0.5) is 10.1 Å². The summed E-state index contributed by atoms with van der Waals surface area (Å²) in [6, 6.07) is 11.3. The topological polar surface area (TPSA) is 77.7 Å². The molecule has 0 N–H and O–H groups in total. The quantitative estimate of drug-likeness (QED) is 0.580. The number of amides is 1. The molecular weight excluding hydrogens is 389 g/mol. The summed E-state index contributed by atoms with van der Waals surface area (Å²) in [5.74, 6) is 1.42. The zero-order chi connectivity index (χ0) is 21.1. The number of methoxy groups -OCH3 is 1. The van der Waals surface area contributed by atoms with E-state index in [4.69, 9.17) is 14.0 Å². The fraction of sp³-hybridized carbons (Fsp3) is 0.318. The van der Waals surface area contributed by atoms with E-state index in [2.05, 4.69) is 10.1 Å². The summed E-state index contributed by atoms with van der Waals surface area (Å²) in [6.45, 7) is 3.04. The second kappa shape index (κ2) is 8.52. The molecule has 0 bridgehead atoms. The van der Waals surface area contributed by atoms with Crippen molar-refractivity contribution < 1.29 is 23.2 Å². The molecule has 1 saturated heterocycles. The van der Waals surface area contributed by atoms with Crippen molar-refractivity contribution in [1.29, 1.82) is 0 Å². The van der Waals surface area contributed by atoms with Crippen LogP contribution in [0.25, 0.3) is 11.4 Å². The highest BCUT2D eigenvalue weighted by atomic mass is 19.1. The van der Waals surface area contributed by atoms with Crippen molar-refractivity contribution in [1.82, 2.24) is 10.1 Å². The van der Waals surface area contributed by atoms with Gasteiger partial charge in [0.1, 0.15) is 5.82 Å². The molecular formula is C22H22FN3O4. The Labute approximate surface area is 173 Å². The van der Waals surface area contributed by atoms with E-state index in [0.717, 1.165) is 12.0 Å². The lowest BCUT2D eigenvalue weighted by molar-refractivity contribution is -0.117. The normalized spacial score (nSPS) is 16.2. The molecule has 1 aliphatic rings. The van der Waals surface area contributed by atoms with Gasteiger partial charge in [-0.2, -0.15) is 4.98 Å². The second-order valence-corrected chi connectivity index (χ2v) is 7.05. The van der Waals surface area contributed by atoms with Crippen molar-refractivity contribution in [2.24, 2.45) is 0 Å². The van der Waals surface area contributed by atoms with E-state index >= 15 is 0 Å². The minimum Gasteiger partial charge on any atom is -0.493 e. The second-order valence-electron chi connectivity index (χ2n) is 7.05. The molecule has 8 heteroatoms. The summed E-state index contributed by atoms with van der Waals surface area (Å²) in [4.78, 5) is 18.5. The zero-order valence-corrected chi connectivity index (χ0v) is 16.8. The van der Waals surface area contributed by atoms with Gasteiger partial charge in [0.05, 0.1) is 19.6 Å². The lowest BCUT2D eigenvalue weighted by atomic mass is 10.1. The summed E-state index contributed by atoms with van der Waals surface area (Å²) < 4.78 is 29.7. The average Bonchev–Trinajstić information content (AvgIpc) is 3.40. The van der Waals surface area contributed by atoms with E-state index in [1.54, 1.807) is 30.2 Å². The molecule has 1 aromatic heterocycles. The molecule has 1 unspecified atom stereocenters. The van der Waals surface area contributed by atoms with Crippen LogP contribution < -0.4 is 14.4 Å². The molecule has 1 amide bonds. The highest BCUT2D eigenvalue weighted by molar-refractivity contribution is 5.96. The molecule has 3 aromatic rings. The number of nitrogens with zero attached hydrogens (tertiary/aromatic N) is 3. The Morgan fingerprint density at radius 3 is 2.73 bits per heavy atom. The SMILES string of the molecule is CCCOc1ccc(-c2noc(C3CC(=O)N(c4ccc(F)cc4)C3)n2)cc1OC. The van der Waals surface area contributed by atoms with E-state index in [1.807, 2.05) is 19.1 Å². The molecule has 1 aliphatic heterocycles. The summed E-state index contributed by atoms with van der Waals surface area (Å²) in [5, 5.41) is 4.07. The number of ether oxygens (including phenoxy) is 2. The third kappa shape index (κ3) is 3.98. The van der Waals surface area contributed by atoms with Gasteiger partial charge in [-0.05, 0) is 48.9 Å². The third-order valence-electron chi connectivity index (χ3n) is 4.94. The van der Waals surface area contributed by atoms with Crippen LogP contribution in [0, 0.1) is 5.82 Å². The van der Waals surface area contributed by atoms with Gasteiger partial charge in [0, 0.05) is 24.2 Å². The minimum atomic E-state index is -0.343. The molecule has 1 fully saturated rings. The number of anilines is 1. The molecule has 0 aliphatic carbocycles. The molecule has 1 atom stereocenters. The first-order chi connectivity index (χ1) is 14.6. The van der Waals surface area contributed by atoms with Crippen molar-refractivity contribution in [2.75, 3.05) is 25.2 Å². The molecule has 156 valence electrons. The Kier molecular flexibility index (Phi) is 5.65. The van der Waals surface area contributed by atoms with E-state index in [9.17, 15) is 9.18 Å². The predicted octanol–water partition coefficient (Wildman–Crippen LogP) is 4.19. The minimum absolute atomic E-state index is 0.0644. The summed E-state index contributed by atoms with van der Waals surface area (Å²) in [5.41, 5.74) is 1.38. The van der Waals surface area contributed by atoms with Gasteiger partial charge in [0.15, 0.2) is 11.5 Å². The molecule has 4 rings (SSSR count). The number of carbonyl (C=O) groups excluding carboxylic acids is 1. The van der Waals surface area contributed by atoms with Gasteiger partial charge in [-0.15, -0.1) is 0 Å². The molecule has 0 spiro atoms. The fourth-order valence-electron chi connectivity index (χ4n) is 3.40. The van der Waals surface area contributed by atoms with E-state index in [-0.39, 0.29) is 24.1 Å². The standard InChI is InChI=1S/C22H22FN3O4/c1-3-10-29-18-9-4-14(11-19(18)28-2)21-24-22(30-25-21)15-12-20(27)26(13-15)17-7-5-16(23)6-8-17/h4-9,11,15H,3,10,12-13H2,1-2H3. The summed E-state index contributed by atoms with van der Waals surface area (Å²) in [6.07, 6.45) is 1.15. The Morgan fingerprint density at radius 1 is 1.20 bits per heavy atom. The predicted molar refractivity (Wildman–Crippen MR) is 108 cm³/mol. The van der Waals surface area contributed by atoms with Crippen molar-refractivity contribution in [3.63, 3.8) is 0 Å². The van der Waals surface area contributed by atoms with Gasteiger partial charge in [-0.1, -0.05) is 12.1 Å². The number of benzene rings is 2. The Morgan fingerprint density at radius 2 is 2.00 bits per heavy atom. The first-order valence-corrected chi connectivity index (χ1v) is 9.79. The molecule has 7 nitrogen and oxygen atoms in total. The number of aromatic nitrogens is 2.